The fraction of sp³-hybridized carbons (Fsp3) is 0.500. The molecule has 0 radical (unpaired) electrons. The van der Waals surface area contributed by atoms with E-state index < -0.39 is 17.7 Å². The van der Waals surface area contributed by atoms with Gasteiger partial charge in [0.2, 0.25) is 0 Å². The number of halogens is 3. The number of anilines is 1. The van der Waals surface area contributed by atoms with Crippen LogP contribution in [-0.2, 0) is 6.18 Å². The summed E-state index contributed by atoms with van der Waals surface area (Å²) in [6.45, 7) is 5.30. The van der Waals surface area contributed by atoms with Gasteiger partial charge < -0.3 is 14.9 Å². The fourth-order valence-corrected chi connectivity index (χ4v) is 2.48. The molecule has 1 N–H and O–H groups in total. The average Bonchev–Trinajstić information content (AvgIpc) is 2.46. The van der Waals surface area contributed by atoms with Crippen LogP contribution in [0.5, 0.6) is 0 Å². The molecule has 0 spiro atoms. The third kappa shape index (κ3) is 3.47. The van der Waals surface area contributed by atoms with Crippen LogP contribution in [-0.4, -0.2) is 48.7 Å². The van der Waals surface area contributed by atoms with Crippen molar-refractivity contribution in [1.29, 1.82) is 0 Å². The van der Waals surface area contributed by atoms with Crippen LogP contribution in [0.4, 0.5) is 18.9 Å². The molecule has 0 atom stereocenters. The highest BCUT2D eigenvalue weighted by Crippen LogP contribution is 2.37. The van der Waals surface area contributed by atoms with E-state index in [9.17, 15) is 18.0 Å². The van der Waals surface area contributed by atoms with Crippen molar-refractivity contribution in [3.8, 4) is 0 Å². The Hall–Kier alpha value is -1.76. The molecule has 0 aliphatic carbocycles. The summed E-state index contributed by atoms with van der Waals surface area (Å²) in [5, 5.41) is 8.86. The largest absolute Gasteiger partial charge is 0.478 e. The molecule has 0 saturated carbocycles. The Morgan fingerprint density at radius 3 is 2.33 bits per heavy atom. The minimum Gasteiger partial charge on any atom is -0.478 e. The van der Waals surface area contributed by atoms with Crippen molar-refractivity contribution in [2.24, 2.45) is 0 Å². The van der Waals surface area contributed by atoms with Gasteiger partial charge in [0.05, 0.1) is 11.1 Å². The number of benzene rings is 1. The van der Waals surface area contributed by atoms with Crippen molar-refractivity contribution in [3.63, 3.8) is 0 Å². The van der Waals surface area contributed by atoms with Crippen molar-refractivity contribution >= 4 is 11.7 Å². The number of piperazine rings is 1. The number of carboxylic acid groups (broad SMARTS) is 1. The number of nitrogens with zero attached hydrogens (tertiary/aromatic N) is 2. The molecule has 1 aromatic carbocycles. The first kappa shape index (κ1) is 15.6. The van der Waals surface area contributed by atoms with Crippen molar-refractivity contribution in [2.75, 3.05) is 37.6 Å². The van der Waals surface area contributed by atoms with Gasteiger partial charge in [-0.05, 0) is 24.7 Å². The van der Waals surface area contributed by atoms with E-state index in [0.717, 1.165) is 6.54 Å². The molecule has 2 rings (SSSR count). The SMILES string of the molecule is CCN1CCN(c2ccc(C(=O)O)cc2C(F)(F)F)CC1. The Kier molecular flexibility index (Phi) is 4.41. The minimum absolute atomic E-state index is 0.0586. The minimum atomic E-state index is -4.57. The van der Waals surface area contributed by atoms with Crippen LogP contribution in [0.15, 0.2) is 18.2 Å². The average molecular weight is 302 g/mol. The first-order valence-electron chi connectivity index (χ1n) is 6.74. The lowest BCUT2D eigenvalue weighted by Gasteiger charge is -2.36. The van der Waals surface area contributed by atoms with Crippen LogP contribution >= 0.6 is 0 Å². The van der Waals surface area contributed by atoms with Gasteiger partial charge in [-0.25, -0.2) is 4.79 Å². The molecule has 0 unspecified atom stereocenters. The Labute approximate surface area is 120 Å². The summed E-state index contributed by atoms with van der Waals surface area (Å²) in [5.74, 6) is -1.36. The first-order chi connectivity index (χ1) is 9.82. The molecule has 0 bridgehead atoms. The number of alkyl halides is 3. The Morgan fingerprint density at radius 2 is 1.86 bits per heavy atom. The summed E-state index contributed by atoms with van der Waals surface area (Å²) in [6.07, 6.45) is -4.57. The van der Waals surface area contributed by atoms with Gasteiger partial charge in [-0.15, -0.1) is 0 Å². The highest BCUT2D eigenvalue weighted by atomic mass is 19.4. The molecule has 1 saturated heterocycles. The summed E-state index contributed by atoms with van der Waals surface area (Å²) in [7, 11) is 0. The topological polar surface area (TPSA) is 43.8 Å². The summed E-state index contributed by atoms with van der Waals surface area (Å²) in [5.41, 5.74) is -1.17. The van der Waals surface area contributed by atoms with Crippen LogP contribution in [0, 0.1) is 0 Å². The molecule has 7 heteroatoms. The molecule has 1 aromatic rings. The van der Waals surface area contributed by atoms with Gasteiger partial charge in [-0.3, -0.25) is 0 Å². The molecular weight excluding hydrogens is 285 g/mol. The van der Waals surface area contributed by atoms with Crippen LogP contribution in [0.3, 0.4) is 0 Å². The number of hydrogen-bond donors (Lipinski definition) is 1. The van der Waals surface area contributed by atoms with Crippen molar-refractivity contribution < 1.29 is 23.1 Å². The van der Waals surface area contributed by atoms with E-state index in [1.807, 2.05) is 6.92 Å². The Morgan fingerprint density at radius 1 is 1.24 bits per heavy atom. The highest BCUT2D eigenvalue weighted by Gasteiger charge is 2.36. The van der Waals surface area contributed by atoms with Crippen molar-refractivity contribution in [3.05, 3.63) is 29.3 Å². The standard InChI is InChI=1S/C14H17F3N2O2/c1-2-18-5-7-19(8-6-18)12-4-3-10(13(20)21)9-11(12)14(15,16)17/h3-4,9H,2,5-8H2,1H3,(H,20,21). The molecule has 21 heavy (non-hydrogen) atoms. The summed E-state index contributed by atoms with van der Waals surface area (Å²) in [4.78, 5) is 14.7. The quantitative estimate of drug-likeness (QED) is 0.932. The third-order valence-corrected chi connectivity index (χ3v) is 3.71. The molecule has 1 aliphatic heterocycles. The van der Waals surface area contributed by atoms with Crippen LogP contribution in [0.1, 0.15) is 22.8 Å². The second-order valence-electron chi connectivity index (χ2n) is 4.96. The van der Waals surface area contributed by atoms with Gasteiger partial charge in [0.15, 0.2) is 0 Å². The number of aromatic carboxylic acids is 1. The molecule has 1 aliphatic rings. The lowest BCUT2D eigenvalue weighted by atomic mass is 10.1. The predicted octanol–water partition coefficient (Wildman–Crippen LogP) is 2.55. The van der Waals surface area contributed by atoms with Gasteiger partial charge in [-0.1, -0.05) is 6.92 Å². The predicted molar refractivity (Wildman–Crippen MR) is 72.7 cm³/mol. The van der Waals surface area contributed by atoms with Gasteiger partial charge in [0.25, 0.3) is 0 Å². The maximum absolute atomic E-state index is 13.2. The van der Waals surface area contributed by atoms with Gasteiger partial charge in [0.1, 0.15) is 0 Å². The number of likely N-dealkylation sites (N-methyl/N-ethyl adjacent to an activating group) is 1. The van der Waals surface area contributed by atoms with Crippen molar-refractivity contribution in [1.82, 2.24) is 4.90 Å². The molecule has 0 aromatic heterocycles. The number of hydrogen-bond acceptors (Lipinski definition) is 3. The van der Waals surface area contributed by atoms with E-state index in [2.05, 4.69) is 4.90 Å². The van der Waals surface area contributed by atoms with Crippen LogP contribution in [0.25, 0.3) is 0 Å². The Balaban J connectivity index is 2.33. The monoisotopic (exact) mass is 302 g/mol. The highest BCUT2D eigenvalue weighted by molar-refractivity contribution is 5.88. The van der Waals surface area contributed by atoms with Crippen LogP contribution in [0.2, 0.25) is 0 Å². The van der Waals surface area contributed by atoms with E-state index in [0.29, 0.717) is 32.2 Å². The molecule has 1 heterocycles. The second-order valence-corrected chi connectivity index (χ2v) is 4.96. The van der Waals surface area contributed by atoms with E-state index in [4.69, 9.17) is 5.11 Å². The summed E-state index contributed by atoms with van der Waals surface area (Å²) in [6, 6.07) is 3.19. The van der Waals surface area contributed by atoms with Crippen LogP contribution < -0.4 is 4.90 Å². The first-order valence-corrected chi connectivity index (χ1v) is 6.74. The molecular formula is C14H17F3N2O2. The number of carboxylic acids is 1. The van der Waals surface area contributed by atoms with E-state index in [1.165, 1.54) is 12.1 Å². The summed E-state index contributed by atoms with van der Waals surface area (Å²) < 4.78 is 39.5. The van der Waals surface area contributed by atoms with Gasteiger partial charge >= 0.3 is 12.1 Å². The second kappa shape index (κ2) is 5.93. The summed E-state index contributed by atoms with van der Waals surface area (Å²) >= 11 is 0. The number of carbonyl (C=O) groups is 1. The number of rotatable bonds is 3. The molecule has 4 nitrogen and oxygen atoms in total. The zero-order valence-electron chi connectivity index (χ0n) is 11.7. The van der Waals surface area contributed by atoms with E-state index in [1.54, 1.807) is 4.90 Å². The van der Waals surface area contributed by atoms with E-state index in [-0.39, 0.29) is 11.3 Å². The zero-order valence-corrected chi connectivity index (χ0v) is 11.7. The zero-order chi connectivity index (χ0) is 15.6. The van der Waals surface area contributed by atoms with Gasteiger partial charge in [0, 0.05) is 31.9 Å². The maximum atomic E-state index is 13.2. The smallest absolute Gasteiger partial charge is 0.418 e. The molecule has 1 fully saturated rings. The van der Waals surface area contributed by atoms with Crippen molar-refractivity contribution in [2.45, 2.75) is 13.1 Å². The van der Waals surface area contributed by atoms with E-state index >= 15 is 0 Å². The lowest BCUT2D eigenvalue weighted by molar-refractivity contribution is -0.137. The van der Waals surface area contributed by atoms with Gasteiger partial charge in [-0.2, -0.15) is 13.2 Å². The fourth-order valence-electron chi connectivity index (χ4n) is 2.48. The maximum Gasteiger partial charge on any atom is 0.418 e. The molecule has 116 valence electrons. The molecule has 0 amide bonds. The lowest BCUT2D eigenvalue weighted by Crippen LogP contribution is -2.46. The Bertz CT molecular complexity index is 523. The normalized spacial score (nSPS) is 17.0. The third-order valence-electron chi connectivity index (χ3n) is 3.71.